The van der Waals surface area contributed by atoms with Crippen LogP contribution in [0.15, 0.2) is 10.8 Å². The molecular weight excluding hydrogens is 320 g/mol. The first kappa shape index (κ1) is 17.1. The zero-order valence-corrected chi connectivity index (χ0v) is 14.2. The van der Waals surface area contributed by atoms with Gasteiger partial charge >= 0.3 is 0 Å². The molecule has 20 heavy (non-hydrogen) atoms. The molecule has 1 heterocycles. The maximum atomic E-state index is 5.44. The number of rotatable bonds is 9. The third kappa shape index (κ3) is 4.57. The summed E-state index contributed by atoms with van der Waals surface area (Å²) >= 11 is 3.51. The van der Waals surface area contributed by atoms with Crippen LogP contribution in [0.4, 0.5) is 11.6 Å². The van der Waals surface area contributed by atoms with E-state index in [0.717, 1.165) is 49.4 Å². The number of halogens is 1. The van der Waals surface area contributed by atoms with Gasteiger partial charge in [0.2, 0.25) is 0 Å². The van der Waals surface area contributed by atoms with Gasteiger partial charge in [0.05, 0.1) is 0 Å². The molecule has 0 amide bonds. The first-order valence-electron chi connectivity index (χ1n) is 7.12. The highest BCUT2D eigenvalue weighted by molar-refractivity contribution is 9.10. The molecular formula is C13H25BrN6. The van der Waals surface area contributed by atoms with Crippen LogP contribution in [0.3, 0.4) is 0 Å². The third-order valence-electron chi connectivity index (χ3n) is 3.39. The van der Waals surface area contributed by atoms with E-state index >= 15 is 0 Å². The second kappa shape index (κ2) is 9.10. The molecule has 0 saturated heterocycles. The predicted molar refractivity (Wildman–Crippen MR) is 87.8 cm³/mol. The summed E-state index contributed by atoms with van der Waals surface area (Å²) in [6, 6.07) is 0. The van der Waals surface area contributed by atoms with Crippen LogP contribution in [0.25, 0.3) is 0 Å². The minimum absolute atomic E-state index is 0.609. The molecule has 3 N–H and O–H groups in total. The zero-order valence-electron chi connectivity index (χ0n) is 12.6. The van der Waals surface area contributed by atoms with Crippen molar-refractivity contribution in [1.82, 2.24) is 14.9 Å². The molecule has 0 fully saturated rings. The number of nitrogens with two attached hydrogens (primary N) is 1. The van der Waals surface area contributed by atoms with Crippen molar-refractivity contribution in [1.29, 1.82) is 0 Å². The number of hydrogen-bond donors (Lipinski definition) is 2. The molecule has 0 spiro atoms. The quantitative estimate of drug-likeness (QED) is 0.528. The van der Waals surface area contributed by atoms with Crippen molar-refractivity contribution in [2.75, 3.05) is 43.0 Å². The summed E-state index contributed by atoms with van der Waals surface area (Å²) in [5.41, 5.74) is 2.57. The molecule has 0 aliphatic heterocycles. The fourth-order valence-corrected chi connectivity index (χ4v) is 2.69. The molecule has 0 radical (unpaired) electrons. The molecule has 7 heteroatoms. The Morgan fingerprint density at radius 3 is 2.40 bits per heavy atom. The molecule has 1 aromatic heterocycles. The molecule has 0 saturated carbocycles. The number of nitrogens with one attached hydrogen (secondary N) is 1. The predicted octanol–water partition coefficient (Wildman–Crippen LogP) is 2.08. The van der Waals surface area contributed by atoms with E-state index in [1.807, 2.05) is 0 Å². The average molecular weight is 345 g/mol. The average Bonchev–Trinajstić information content (AvgIpc) is 2.48. The van der Waals surface area contributed by atoms with E-state index in [-0.39, 0.29) is 0 Å². The second-order valence-corrected chi connectivity index (χ2v) is 5.26. The number of aromatic nitrogens is 2. The monoisotopic (exact) mass is 344 g/mol. The topological polar surface area (TPSA) is 70.3 Å². The Kier molecular flexibility index (Phi) is 7.79. The number of anilines is 2. The lowest BCUT2D eigenvalue weighted by atomic mass is 10.3. The van der Waals surface area contributed by atoms with E-state index in [2.05, 4.69) is 61.9 Å². The van der Waals surface area contributed by atoms with Gasteiger partial charge in [-0.2, -0.15) is 0 Å². The number of nitrogens with zero attached hydrogens (tertiary/aromatic N) is 4. The van der Waals surface area contributed by atoms with E-state index in [4.69, 9.17) is 5.84 Å². The van der Waals surface area contributed by atoms with Crippen molar-refractivity contribution >= 4 is 27.6 Å². The minimum atomic E-state index is 0.609. The molecule has 114 valence electrons. The van der Waals surface area contributed by atoms with Crippen molar-refractivity contribution in [3.8, 4) is 0 Å². The SMILES string of the molecule is CCN(CC)CCCN(CC)c1ncnc(NN)c1Br. The van der Waals surface area contributed by atoms with Crippen LogP contribution in [0, 0.1) is 0 Å². The van der Waals surface area contributed by atoms with Crippen molar-refractivity contribution in [2.45, 2.75) is 27.2 Å². The highest BCUT2D eigenvalue weighted by atomic mass is 79.9. The Morgan fingerprint density at radius 1 is 1.15 bits per heavy atom. The standard InChI is InChI=1S/C13H25BrN6/c1-4-19(5-2)8-7-9-20(6-3)13-11(14)12(18-15)16-10-17-13/h10H,4-9,15H2,1-3H3,(H,16,17,18). The van der Waals surface area contributed by atoms with Gasteiger partial charge in [0.15, 0.2) is 5.82 Å². The molecule has 0 bridgehead atoms. The lowest BCUT2D eigenvalue weighted by Gasteiger charge is -2.25. The van der Waals surface area contributed by atoms with E-state index in [1.165, 1.54) is 6.33 Å². The van der Waals surface area contributed by atoms with Crippen molar-refractivity contribution in [2.24, 2.45) is 5.84 Å². The van der Waals surface area contributed by atoms with Gasteiger partial charge in [-0.25, -0.2) is 15.8 Å². The Balaban J connectivity index is 2.67. The van der Waals surface area contributed by atoms with Gasteiger partial charge in [0.25, 0.3) is 0 Å². The lowest BCUT2D eigenvalue weighted by Crippen LogP contribution is -2.30. The summed E-state index contributed by atoms with van der Waals surface area (Å²) in [6.07, 6.45) is 2.64. The van der Waals surface area contributed by atoms with Crippen LogP contribution in [-0.2, 0) is 0 Å². The summed E-state index contributed by atoms with van der Waals surface area (Å²) in [5.74, 6) is 6.93. The second-order valence-electron chi connectivity index (χ2n) is 4.46. The Bertz CT molecular complexity index is 396. The van der Waals surface area contributed by atoms with Gasteiger partial charge in [-0.05, 0) is 48.9 Å². The fourth-order valence-electron chi connectivity index (χ4n) is 2.12. The Hall–Kier alpha value is -0.920. The van der Waals surface area contributed by atoms with Gasteiger partial charge < -0.3 is 15.2 Å². The highest BCUT2D eigenvalue weighted by Crippen LogP contribution is 2.28. The highest BCUT2D eigenvalue weighted by Gasteiger charge is 2.14. The van der Waals surface area contributed by atoms with Gasteiger partial charge in [0.1, 0.15) is 16.6 Å². The van der Waals surface area contributed by atoms with Gasteiger partial charge in [-0.15, -0.1) is 0 Å². The van der Waals surface area contributed by atoms with Crippen LogP contribution in [0.5, 0.6) is 0 Å². The van der Waals surface area contributed by atoms with Gasteiger partial charge in [0, 0.05) is 13.1 Å². The normalized spacial score (nSPS) is 10.9. The fraction of sp³-hybridized carbons (Fsp3) is 0.692. The van der Waals surface area contributed by atoms with E-state index in [1.54, 1.807) is 0 Å². The Labute approximate surface area is 129 Å². The molecule has 0 aliphatic rings. The smallest absolute Gasteiger partial charge is 0.159 e. The van der Waals surface area contributed by atoms with Crippen LogP contribution in [0.1, 0.15) is 27.2 Å². The largest absolute Gasteiger partial charge is 0.356 e. The molecule has 0 aromatic carbocycles. The van der Waals surface area contributed by atoms with Crippen molar-refractivity contribution in [3.63, 3.8) is 0 Å². The summed E-state index contributed by atoms with van der Waals surface area (Å²) < 4.78 is 0.812. The first-order chi connectivity index (χ1) is 9.67. The Morgan fingerprint density at radius 2 is 1.85 bits per heavy atom. The first-order valence-corrected chi connectivity index (χ1v) is 7.91. The van der Waals surface area contributed by atoms with Crippen LogP contribution >= 0.6 is 15.9 Å². The molecule has 6 nitrogen and oxygen atoms in total. The van der Waals surface area contributed by atoms with Gasteiger partial charge in [-0.3, -0.25) is 0 Å². The van der Waals surface area contributed by atoms with Crippen LogP contribution < -0.4 is 16.2 Å². The van der Waals surface area contributed by atoms with Crippen LogP contribution in [0.2, 0.25) is 0 Å². The van der Waals surface area contributed by atoms with Crippen LogP contribution in [-0.4, -0.2) is 47.6 Å². The summed E-state index contributed by atoms with van der Waals surface area (Å²) in [7, 11) is 0. The van der Waals surface area contributed by atoms with Gasteiger partial charge in [-0.1, -0.05) is 13.8 Å². The summed E-state index contributed by atoms with van der Waals surface area (Å²) in [6.45, 7) is 11.7. The maximum Gasteiger partial charge on any atom is 0.159 e. The number of nitrogen functional groups attached to an aromatic ring is 1. The lowest BCUT2D eigenvalue weighted by molar-refractivity contribution is 0.300. The number of hydrazine groups is 1. The molecule has 0 atom stereocenters. The molecule has 0 aliphatic carbocycles. The maximum absolute atomic E-state index is 5.44. The zero-order chi connectivity index (χ0) is 15.0. The molecule has 1 aromatic rings. The summed E-state index contributed by atoms with van der Waals surface area (Å²) in [5, 5.41) is 0. The van der Waals surface area contributed by atoms with Crippen molar-refractivity contribution < 1.29 is 0 Å². The van der Waals surface area contributed by atoms with E-state index < -0.39 is 0 Å². The molecule has 0 unspecified atom stereocenters. The third-order valence-corrected chi connectivity index (χ3v) is 4.12. The van der Waals surface area contributed by atoms with E-state index in [0.29, 0.717) is 5.82 Å². The van der Waals surface area contributed by atoms with E-state index in [9.17, 15) is 0 Å². The number of hydrogen-bond acceptors (Lipinski definition) is 6. The summed E-state index contributed by atoms with van der Waals surface area (Å²) in [4.78, 5) is 13.1. The molecule has 1 rings (SSSR count). The van der Waals surface area contributed by atoms with Crippen molar-refractivity contribution in [3.05, 3.63) is 10.8 Å². The minimum Gasteiger partial charge on any atom is -0.356 e.